The van der Waals surface area contributed by atoms with Gasteiger partial charge in [-0.05, 0) is 56.6 Å². The van der Waals surface area contributed by atoms with E-state index < -0.39 is 47.6 Å². The van der Waals surface area contributed by atoms with E-state index in [4.69, 9.17) is 4.74 Å². The molecule has 4 heterocycles. The normalized spacial score (nSPS) is 22.5. The SMILES string of the molecule is CC(C)C[C@H](NC(=O)[C@H](Cc1ccccc1)N1C(=O)[C@@H](NC(=O)[C@H](CCc2ccccc2)NC(=O)Cc2cnc(CN3CCNCC3)s2)CC1C)C(=O)C1(C)CO1. The lowest BCUT2D eigenvalue weighted by Gasteiger charge is -2.33. The predicted molar refractivity (Wildman–Crippen MR) is 218 cm³/mol. The number of aryl methyl sites for hydroxylation is 1. The lowest BCUT2D eigenvalue weighted by Crippen LogP contribution is -2.57. The van der Waals surface area contributed by atoms with Crippen LogP contribution >= 0.6 is 11.3 Å². The number of ether oxygens (including phenoxy) is 1. The number of epoxide rings is 1. The Kier molecular flexibility index (Phi) is 14.3. The number of hydrogen-bond donors (Lipinski definition) is 4. The van der Waals surface area contributed by atoms with Crippen molar-refractivity contribution >= 4 is 40.7 Å². The lowest BCUT2D eigenvalue weighted by atomic mass is 9.92. The minimum Gasteiger partial charge on any atom is -0.361 e. The number of rotatable bonds is 19. The number of amides is 4. The molecule has 0 saturated carbocycles. The third kappa shape index (κ3) is 11.6. The minimum absolute atomic E-state index is 0.0867. The first-order valence-corrected chi connectivity index (χ1v) is 21.0. The maximum Gasteiger partial charge on any atom is 0.246 e. The molecule has 306 valence electrons. The first-order chi connectivity index (χ1) is 27.4. The largest absolute Gasteiger partial charge is 0.361 e. The van der Waals surface area contributed by atoms with Crippen molar-refractivity contribution < 1.29 is 28.7 Å². The van der Waals surface area contributed by atoms with Crippen LogP contribution in [0.5, 0.6) is 0 Å². The molecule has 3 aromatic rings. The van der Waals surface area contributed by atoms with Crippen LogP contribution in [0.15, 0.2) is 66.9 Å². The highest BCUT2D eigenvalue weighted by Crippen LogP contribution is 2.30. The number of aromatic nitrogens is 1. The van der Waals surface area contributed by atoms with E-state index >= 15 is 0 Å². The Labute approximate surface area is 339 Å². The van der Waals surface area contributed by atoms with E-state index in [1.807, 2.05) is 81.4 Å². The number of piperazine rings is 1. The second-order valence-corrected chi connectivity index (χ2v) is 17.4. The van der Waals surface area contributed by atoms with Gasteiger partial charge in [0.2, 0.25) is 23.6 Å². The monoisotopic (exact) mass is 799 g/mol. The summed E-state index contributed by atoms with van der Waals surface area (Å²) < 4.78 is 5.45. The molecule has 1 aromatic heterocycles. The molecule has 6 rings (SSSR count). The summed E-state index contributed by atoms with van der Waals surface area (Å²) >= 11 is 1.50. The maximum atomic E-state index is 14.3. The molecule has 13 nitrogen and oxygen atoms in total. The van der Waals surface area contributed by atoms with Crippen LogP contribution in [0.2, 0.25) is 0 Å². The van der Waals surface area contributed by atoms with Crippen LogP contribution < -0.4 is 21.3 Å². The summed E-state index contributed by atoms with van der Waals surface area (Å²) in [6.45, 7) is 12.4. The lowest BCUT2D eigenvalue weighted by molar-refractivity contribution is -0.142. The average Bonchev–Trinajstić information content (AvgIpc) is 3.70. The molecular weight excluding hydrogens is 743 g/mol. The second-order valence-electron chi connectivity index (χ2n) is 16.2. The van der Waals surface area contributed by atoms with Crippen molar-refractivity contribution in [1.29, 1.82) is 0 Å². The molecule has 57 heavy (non-hydrogen) atoms. The van der Waals surface area contributed by atoms with Gasteiger partial charge < -0.3 is 30.9 Å². The number of hydrogen-bond acceptors (Lipinski definition) is 10. The van der Waals surface area contributed by atoms with E-state index in [9.17, 15) is 24.0 Å². The van der Waals surface area contributed by atoms with Crippen LogP contribution in [0.25, 0.3) is 0 Å². The summed E-state index contributed by atoms with van der Waals surface area (Å²) in [5.74, 6) is -1.63. The molecule has 3 aliphatic heterocycles. The molecule has 14 heteroatoms. The highest BCUT2D eigenvalue weighted by molar-refractivity contribution is 7.11. The van der Waals surface area contributed by atoms with Crippen LogP contribution in [0, 0.1) is 5.92 Å². The summed E-state index contributed by atoms with van der Waals surface area (Å²) in [6, 6.07) is 15.3. The zero-order valence-electron chi connectivity index (χ0n) is 33.5. The number of benzene rings is 2. The number of likely N-dealkylation sites (tertiary alicyclic amines) is 1. The summed E-state index contributed by atoms with van der Waals surface area (Å²) in [5.41, 5.74) is 0.956. The van der Waals surface area contributed by atoms with E-state index in [2.05, 4.69) is 31.2 Å². The summed E-state index contributed by atoms with van der Waals surface area (Å²) in [7, 11) is 0. The van der Waals surface area contributed by atoms with Crippen LogP contribution in [0.4, 0.5) is 0 Å². The molecule has 6 atom stereocenters. The summed E-state index contributed by atoms with van der Waals surface area (Å²) in [6.07, 6.45) is 3.62. The molecule has 3 saturated heterocycles. The minimum atomic E-state index is -0.934. The fourth-order valence-corrected chi connectivity index (χ4v) is 8.71. The van der Waals surface area contributed by atoms with Crippen molar-refractivity contribution in [3.05, 3.63) is 87.9 Å². The van der Waals surface area contributed by atoms with Gasteiger partial charge in [-0.25, -0.2) is 4.98 Å². The van der Waals surface area contributed by atoms with E-state index in [0.717, 1.165) is 53.7 Å². The van der Waals surface area contributed by atoms with Gasteiger partial charge >= 0.3 is 0 Å². The van der Waals surface area contributed by atoms with Crippen molar-refractivity contribution in [2.75, 3.05) is 32.8 Å². The van der Waals surface area contributed by atoms with Gasteiger partial charge in [0, 0.05) is 49.7 Å². The van der Waals surface area contributed by atoms with Gasteiger partial charge in [-0.15, -0.1) is 11.3 Å². The van der Waals surface area contributed by atoms with Crippen LogP contribution in [0.3, 0.4) is 0 Å². The summed E-state index contributed by atoms with van der Waals surface area (Å²) in [4.78, 5) is 78.8. The Morgan fingerprint density at radius 1 is 0.965 bits per heavy atom. The topological polar surface area (TPSA) is 165 Å². The number of nitrogens with zero attached hydrogens (tertiary/aromatic N) is 3. The van der Waals surface area contributed by atoms with E-state index in [0.29, 0.717) is 25.9 Å². The molecule has 3 fully saturated rings. The Hall–Kier alpha value is -4.50. The van der Waals surface area contributed by atoms with Crippen molar-refractivity contribution in [2.24, 2.45) is 5.92 Å². The Morgan fingerprint density at radius 2 is 1.63 bits per heavy atom. The zero-order valence-corrected chi connectivity index (χ0v) is 34.3. The highest BCUT2D eigenvalue weighted by Gasteiger charge is 2.51. The average molecular weight is 800 g/mol. The number of carbonyl (C=O) groups is 5. The van der Waals surface area contributed by atoms with Crippen molar-refractivity contribution in [3.63, 3.8) is 0 Å². The molecule has 4 N–H and O–H groups in total. The van der Waals surface area contributed by atoms with Crippen LogP contribution in [0.1, 0.15) is 68.0 Å². The number of Topliss-reactive ketones (excluding diaryl/α,β-unsaturated/α-hetero) is 1. The number of carbonyl (C=O) groups excluding carboxylic acids is 5. The van der Waals surface area contributed by atoms with Gasteiger partial charge in [-0.3, -0.25) is 28.9 Å². The number of thiazole rings is 1. The van der Waals surface area contributed by atoms with Crippen LogP contribution in [-0.4, -0.2) is 113 Å². The molecular formula is C43H57N7O6S. The number of ketones is 1. The molecule has 0 radical (unpaired) electrons. The second kappa shape index (κ2) is 19.3. The molecule has 2 unspecified atom stereocenters. The third-order valence-electron chi connectivity index (χ3n) is 11.0. The smallest absolute Gasteiger partial charge is 0.246 e. The highest BCUT2D eigenvalue weighted by atomic mass is 32.1. The first kappa shape index (κ1) is 42.1. The fourth-order valence-electron chi connectivity index (χ4n) is 7.74. The van der Waals surface area contributed by atoms with Crippen molar-refractivity contribution in [2.45, 2.75) is 109 Å². The Balaban J connectivity index is 1.15. The fraction of sp³-hybridized carbons (Fsp3) is 0.535. The van der Waals surface area contributed by atoms with Gasteiger partial charge in [0.25, 0.3) is 0 Å². The standard InChI is InChI=1S/C43H57N7O6S/c1-28(2)21-34(39(52)43(4)27-56-43)47-41(54)36(23-31-13-9-6-10-14-31)50-29(3)22-35(42(50)55)48-40(53)33(16-15-30-11-7-5-8-12-30)46-37(51)24-32-25-45-38(57-32)26-49-19-17-44-18-20-49/h5-14,25,28-29,33-36,44H,15-24,26-27H2,1-4H3,(H,46,51)(H,47,54)(H,48,53)/t29?,33-,34-,35-,36-,43?/m0/s1. The molecule has 4 amide bonds. The van der Waals surface area contributed by atoms with E-state index in [1.165, 1.54) is 11.3 Å². The van der Waals surface area contributed by atoms with E-state index in [-0.39, 0.29) is 42.8 Å². The van der Waals surface area contributed by atoms with Gasteiger partial charge in [0.05, 0.1) is 25.6 Å². The first-order valence-electron chi connectivity index (χ1n) is 20.2. The maximum absolute atomic E-state index is 14.3. The quantitative estimate of drug-likeness (QED) is 0.134. The summed E-state index contributed by atoms with van der Waals surface area (Å²) in [5, 5.41) is 13.2. The predicted octanol–water partition coefficient (Wildman–Crippen LogP) is 2.81. The van der Waals surface area contributed by atoms with Crippen molar-refractivity contribution in [1.82, 2.24) is 36.1 Å². The molecule has 0 spiro atoms. The molecule has 3 aliphatic rings. The zero-order chi connectivity index (χ0) is 40.5. The van der Waals surface area contributed by atoms with E-state index in [1.54, 1.807) is 18.0 Å². The number of nitrogens with one attached hydrogen (secondary N) is 4. The van der Waals surface area contributed by atoms with Gasteiger partial charge in [0.15, 0.2) is 5.78 Å². The van der Waals surface area contributed by atoms with Gasteiger partial charge in [-0.2, -0.15) is 0 Å². The Bertz CT molecular complexity index is 1850. The van der Waals surface area contributed by atoms with Crippen LogP contribution in [-0.2, 0) is 54.5 Å². The van der Waals surface area contributed by atoms with Gasteiger partial charge in [0.1, 0.15) is 28.7 Å². The molecule has 0 aliphatic carbocycles. The van der Waals surface area contributed by atoms with Crippen molar-refractivity contribution in [3.8, 4) is 0 Å². The third-order valence-corrected chi connectivity index (χ3v) is 12.0. The van der Waals surface area contributed by atoms with Gasteiger partial charge in [-0.1, -0.05) is 74.5 Å². The Morgan fingerprint density at radius 3 is 2.28 bits per heavy atom. The molecule has 0 bridgehead atoms. The molecule has 2 aromatic carbocycles.